The normalized spacial score (nSPS) is 21.4. The molecule has 0 spiro atoms. The number of methoxy groups -OCH3 is 1. The highest BCUT2D eigenvalue weighted by molar-refractivity contribution is 5.29. The molecule has 1 aliphatic heterocycles. The van der Waals surface area contributed by atoms with Gasteiger partial charge in [-0.2, -0.15) is 4.98 Å². The number of likely N-dealkylation sites (N-methyl/N-ethyl adjacent to an activating group) is 1. The maximum atomic E-state index is 5.48. The predicted molar refractivity (Wildman–Crippen MR) is 75.5 cm³/mol. The molecule has 1 saturated heterocycles. The SMILES string of the molecule is COc1nc(C(C)(C)C)ncc1C1CNCCN1C. The Morgan fingerprint density at radius 1 is 1.42 bits per heavy atom. The largest absolute Gasteiger partial charge is 0.481 e. The second kappa shape index (κ2) is 5.43. The van der Waals surface area contributed by atoms with Crippen LogP contribution in [0.2, 0.25) is 0 Å². The summed E-state index contributed by atoms with van der Waals surface area (Å²) in [6.07, 6.45) is 1.92. The first-order chi connectivity index (χ1) is 8.93. The monoisotopic (exact) mass is 264 g/mol. The fraction of sp³-hybridized carbons (Fsp3) is 0.714. The molecular weight excluding hydrogens is 240 g/mol. The summed E-state index contributed by atoms with van der Waals surface area (Å²) in [7, 11) is 3.80. The van der Waals surface area contributed by atoms with E-state index in [1.807, 2.05) is 6.20 Å². The molecule has 0 aromatic carbocycles. The molecule has 0 aliphatic carbocycles. The lowest BCUT2D eigenvalue weighted by molar-refractivity contribution is 0.196. The number of piperazine rings is 1. The Labute approximate surface area is 115 Å². The highest BCUT2D eigenvalue weighted by atomic mass is 16.5. The lowest BCUT2D eigenvalue weighted by Crippen LogP contribution is -2.44. The number of hydrogen-bond acceptors (Lipinski definition) is 5. The minimum Gasteiger partial charge on any atom is -0.481 e. The van der Waals surface area contributed by atoms with Gasteiger partial charge < -0.3 is 10.1 Å². The molecule has 0 bridgehead atoms. The molecule has 2 heterocycles. The summed E-state index contributed by atoms with van der Waals surface area (Å²) in [6.45, 7) is 9.28. The molecule has 1 aromatic heterocycles. The van der Waals surface area contributed by atoms with E-state index < -0.39 is 0 Å². The van der Waals surface area contributed by atoms with Crippen LogP contribution < -0.4 is 10.1 Å². The molecule has 19 heavy (non-hydrogen) atoms. The number of rotatable bonds is 2. The zero-order chi connectivity index (χ0) is 14.0. The van der Waals surface area contributed by atoms with Gasteiger partial charge in [-0.05, 0) is 7.05 Å². The fourth-order valence-electron chi connectivity index (χ4n) is 2.28. The van der Waals surface area contributed by atoms with Crippen molar-refractivity contribution in [2.24, 2.45) is 0 Å². The second-order valence-electron chi connectivity index (χ2n) is 6.11. The van der Waals surface area contributed by atoms with Crippen molar-refractivity contribution in [3.63, 3.8) is 0 Å². The molecule has 1 unspecified atom stereocenters. The van der Waals surface area contributed by atoms with Crippen LogP contribution in [0.5, 0.6) is 5.88 Å². The van der Waals surface area contributed by atoms with Gasteiger partial charge in [0.15, 0.2) is 0 Å². The van der Waals surface area contributed by atoms with Crippen molar-refractivity contribution in [1.29, 1.82) is 0 Å². The lowest BCUT2D eigenvalue weighted by atomic mass is 9.95. The van der Waals surface area contributed by atoms with Crippen molar-refractivity contribution in [1.82, 2.24) is 20.2 Å². The Balaban J connectivity index is 2.35. The fourth-order valence-corrected chi connectivity index (χ4v) is 2.28. The average molecular weight is 264 g/mol. The van der Waals surface area contributed by atoms with Crippen LogP contribution in [0, 0.1) is 0 Å². The highest BCUT2D eigenvalue weighted by Crippen LogP contribution is 2.29. The van der Waals surface area contributed by atoms with Crippen molar-refractivity contribution < 1.29 is 4.74 Å². The standard InChI is InChI=1S/C14H24N4O/c1-14(2,3)13-16-8-10(12(17-13)19-5)11-9-15-6-7-18(11)4/h8,11,15H,6-7,9H2,1-5H3. The van der Waals surface area contributed by atoms with E-state index >= 15 is 0 Å². The Morgan fingerprint density at radius 3 is 2.74 bits per heavy atom. The Kier molecular flexibility index (Phi) is 4.06. The van der Waals surface area contributed by atoms with Gasteiger partial charge >= 0.3 is 0 Å². The summed E-state index contributed by atoms with van der Waals surface area (Å²) >= 11 is 0. The molecule has 1 aliphatic rings. The summed E-state index contributed by atoms with van der Waals surface area (Å²) in [5, 5.41) is 3.41. The van der Waals surface area contributed by atoms with E-state index in [9.17, 15) is 0 Å². The van der Waals surface area contributed by atoms with Crippen molar-refractivity contribution in [2.75, 3.05) is 33.8 Å². The molecule has 1 fully saturated rings. The zero-order valence-corrected chi connectivity index (χ0v) is 12.5. The molecule has 1 atom stereocenters. The van der Waals surface area contributed by atoms with E-state index in [1.165, 1.54) is 0 Å². The molecule has 1 aromatic rings. The van der Waals surface area contributed by atoms with Crippen LogP contribution >= 0.6 is 0 Å². The quantitative estimate of drug-likeness (QED) is 0.874. The third kappa shape index (κ3) is 3.04. The molecule has 1 N–H and O–H groups in total. The summed E-state index contributed by atoms with van der Waals surface area (Å²) < 4.78 is 5.48. The van der Waals surface area contributed by atoms with Gasteiger partial charge in [0.05, 0.1) is 18.7 Å². The summed E-state index contributed by atoms with van der Waals surface area (Å²) in [5.41, 5.74) is 0.993. The predicted octanol–water partition coefficient (Wildman–Crippen LogP) is 1.36. The third-order valence-electron chi connectivity index (χ3n) is 3.51. The molecule has 5 heteroatoms. The van der Waals surface area contributed by atoms with Crippen LogP contribution in [0.3, 0.4) is 0 Å². The maximum Gasteiger partial charge on any atom is 0.221 e. The zero-order valence-electron chi connectivity index (χ0n) is 12.5. The topological polar surface area (TPSA) is 50.3 Å². The first kappa shape index (κ1) is 14.2. The highest BCUT2D eigenvalue weighted by Gasteiger charge is 2.26. The molecule has 2 rings (SSSR count). The van der Waals surface area contributed by atoms with Crippen molar-refractivity contribution in [3.05, 3.63) is 17.6 Å². The number of hydrogen-bond donors (Lipinski definition) is 1. The van der Waals surface area contributed by atoms with Crippen LogP contribution in [-0.4, -0.2) is 48.7 Å². The smallest absolute Gasteiger partial charge is 0.221 e. The molecule has 0 saturated carbocycles. The maximum absolute atomic E-state index is 5.48. The number of nitrogens with zero attached hydrogens (tertiary/aromatic N) is 3. The van der Waals surface area contributed by atoms with Gasteiger partial charge in [0, 0.05) is 31.2 Å². The van der Waals surface area contributed by atoms with Gasteiger partial charge in [0.1, 0.15) is 5.82 Å². The molecule has 0 radical (unpaired) electrons. The minimum absolute atomic E-state index is 0.0669. The van der Waals surface area contributed by atoms with Gasteiger partial charge in [0.2, 0.25) is 5.88 Å². The van der Waals surface area contributed by atoms with Gasteiger partial charge in [-0.15, -0.1) is 0 Å². The lowest BCUT2D eigenvalue weighted by Gasteiger charge is -2.33. The van der Waals surface area contributed by atoms with Crippen molar-refractivity contribution in [3.8, 4) is 5.88 Å². The summed E-state index contributed by atoms with van der Waals surface area (Å²) in [4.78, 5) is 11.4. The molecule has 5 nitrogen and oxygen atoms in total. The number of aromatic nitrogens is 2. The van der Waals surface area contributed by atoms with Gasteiger partial charge in [-0.1, -0.05) is 20.8 Å². The van der Waals surface area contributed by atoms with Crippen molar-refractivity contribution >= 4 is 0 Å². The molecule has 0 amide bonds. The van der Waals surface area contributed by atoms with E-state index in [-0.39, 0.29) is 11.5 Å². The van der Waals surface area contributed by atoms with E-state index in [4.69, 9.17) is 4.74 Å². The van der Waals surface area contributed by atoms with Crippen LogP contribution in [-0.2, 0) is 5.41 Å². The Morgan fingerprint density at radius 2 is 2.16 bits per heavy atom. The third-order valence-corrected chi connectivity index (χ3v) is 3.51. The first-order valence-corrected chi connectivity index (χ1v) is 6.76. The molecular formula is C14H24N4O. The van der Waals surface area contributed by atoms with Crippen LogP contribution in [0.4, 0.5) is 0 Å². The number of nitrogens with one attached hydrogen (secondary N) is 1. The second-order valence-corrected chi connectivity index (χ2v) is 6.11. The van der Waals surface area contributed by atoms with Crippen LogP contribution in [0.25, 0.3) is 0 Å². The number of ether oxygens (including phenoxy) is 1. The Hall–Kier alpha value is -1.20. The minimum atomic E-state index is -0.0669. The first-order valence-electron chi connectivity index (χ1n) is 6.76. The average Bonchev–Trinajstić information content (AvgIpc) is 2.37. The molecule has 106 valence electrons. The van der Waals surface area contributed by atoms with Crippen LogP contribution in [0.1, 0.15) is 38.2 Å². The summed E-state index contributed by atoms with van der Waals surface area (Å²) in [6, 6.07) is 0.276. The Bertz CT molecular complexity index is 442. The van der Waals surface area contributed by atoms with Crippen molar-refractivity contribution in [2.45, 2.75) is 32.2 Å². The van der Waals surface area contributed by atoms with Gasteiger partial charge in [-0.3, -0.25) is 4.90 Å². The van der Waals surface area contributed by atoms with E-state index in [0.29, 0.717) is 5.88 Å². The van der Waals surface area contributed by atoms with E-state index in [2.05, 4.69) is 48.0 Å². The van der Waals surface area contributed by atoms with E-state index in [1.54, 1.807) is 7.11 Å². The van der Waals surface area contributed by atoms with Gasteiger partial charge in [-0.25, -0.2) is 4.98 Å². The van der Waals surface area contributed by atoms with Gasteiger partial charge in [0.25, 0.3) is 0 Å². The van der Waals surface area contributed by atoms with Crippen LogP contribution in [0.15, 0.2) is 6.20 Å². The summed E-state index contributed by atoms with van der Waals surface area (Å²) in [5.74, 6) is 1.51. The van der Waals surface area contributed by atoms with E-state index in [0.717, 1.165) is 31.0 Å².